The van der Waals surface area contributed by atoms with E-state index in [-0.39, 0.29) is 11.9 Å². The molecule has 20 heavy (non-hydrogen) atoms. The van der Waals surface area contributed by atoms with Crippen LogP contribution >= 0.6 is 0 Å². The first-order valence-electron chi connectivity index (χ1n) is 7.55. The molecule has 1 saturated heterocycles. The van der Waals surface area contributed by atoms with E-state index in [1.807, 2.05) is 17.2 Å². The lowest BCUT2D eigenvalue weighted by Crippen LogP contribution is -2.36. The van der Waals surface area contributed by atoms with E-state index in [2.05, 4.69) is 30.2 Å². The maximum atomic E-state index is 11.7. The highest BCUT2D eigenvalue weighted by Gasteiger charge is 2.25. The molecule has 1 unspecified atom stereocenters. The number of anilines is 1. The first-order chi connectivity index (χ1) is 9.58. The van der Waals surface area contributed by atoms with E-state index in [4.69, 9.17) is 0 Å². The van der Waals surface area contributed by atoms with Crippen molar-refractivity contribution < 1.29 is 4.79 Å². The molecule has 0 bridgehead atoms. The normalized spacial score (nSPS) is 19.2. The van der Waals surface area contributed by atoms with Crippen LogP contribution in [0.4, 0.5) is 5.82 Å². The van der Waals surface area contributed by atoms with Gasteiger partial charge in [0.15, 0.2) is 0 Å². The molecule has 1 aliphatic heterocycles. The number of amides is 1. The summed E-state index contributed by atoms with van der Waals surface area (Å²) in [4.78, 5) is 18.2. The smallest absolute Gasteiger partial charge is 0.219 e. The van der Waals surface area contributed by atoms with E-state index in [1.165, 1.54) is 6.42 Å². The summed E-state index contributed by atoms with van der Waals surface area (Å²) < 4.78 is 0. The van der Waals surface area contributed by atoms with Crippen LogP contribution in [0.3, 0.4) is 0 Å². The Morgan fingerprint density at radius 2 is 2.25 bits per heavy atom. The molecule has 0 saturated carbocycles. The zero-order valence-electron chi connectivity index (χ0n) is 12.7. The van der Waals surface area contributed by atoms with Gasteiger partial charge in [-0.3, -0.25) is 4.79 Å². The molecular formula is C16H25N3O. The Balaban J connectivity index is 2.06. The van der Waals surface area contributed by atoms with Crippen LogP contribution in [0.2, 0.25) is 0 Å². The summed E-state index contributed by atoms with van der Waals surface area (Å²) in [5, 5.41) is 3.32. The summed E-state index contributed by atoms with van der Waals surface area (Å²) in [5.74, 6) is 1.67. The van der Waals surface area contributed by atoms with Gasteiger partial charge in [0.1, 0.15) is 5.82 Å². The van der Waals surface area contributed by atoms with Gasteiger partial charge in [0.2, 0.25) is 5.91 Å². The number of nitrogens with zero attached hydrogens (tertiary/aromatic N) is 2. The number of likely N-dealkylation sites (tertiary alicyclic amines) is 1. The predicted molar refractivity (Wildman–Crippen MR) is 81.5 cm³/mol. The van der Waals surface area contributed by atoms with Crippen molar-refractivity contribution in [1.82, 2.24) is 9.88 Å². The number of carbonyl (C=O) groups is 1. The van der Waals surface area contributed by atoms with Crippen molar-refractivity contribution in [2.45, 2.75) is 46.1 Å². The summed E-state index contributed by atoms with van der Waals surface area (Å²) in [6.07, 6.45) is 5.24. The zero-order chi connectivity index (χ0) is 14.5. The van der Waals surface area contributed by atoms with E-state index in [0.29, 0.717) is 5.92 Å². The largest absolute Gasteiger partial charge is 0.370 e. The second kappa shape index (κ2) is 6.73. The molecule has 1 N–H and O–H groups in total. The Bertz CT molecular complexity index is 442. The van der Waals surface area contributed by atoms with Crippen molar-refractivity contribution in [2.24, 2.45) is 5.92 Å². The third-order valence-electron chi connectivity index (χ3n) is 3.77. The number of nitrogens with one attached hydrogen (secondary N) is 1. The number of piperidine rings is 1. The number of aromatic nitrogens is 1. The quantitative estimate of drug-likeness (QED) is 0.917. The molecule has 1 amide bonds. The topological polar surface area (TPSA) is 45.2 Å². The van der Waals surface area contributed by atoms with Gasteiger partial charge in [-0.25, -0.2) is 4.98 Å². The number of hydrogen-bond acceptors (Lipinski definition) is 3. The third kappa shape index (κ3) is 3.71. The van der Waals surface area contributed by atoms with Crippen LogP contribution in [-0.2, 0) is 4.79 Å². The minimum absolute atomic E-state index is 0.164. The average molecular weight is 275 g/mol. The van der Waals surface area contributed by atoms with Gasteiger partial charge in [-0.15, -0.1) is 0 Å². The highest BCUT2D eigenvalue weighted by Crippen LogP contribution is 2.30. The maximum absolute atomic E-state index is 11.7. The molecule has 110 valence electrons. The minimum Gasteiger partial charge on any atom is -0.370 e. The molecule has 0 aromatic carbocycles. The van der Waals surface area contributed by atoms with Gasteiger partial charge in [-0.1, -0.05) is 19.9 Å². The number of carbonyl (C=O) groups excluding carboxylic acids is 1. The Morgan fingerprint density at radius 1 is 1.45 bits per heavy atom. The van der Waals surface area contributed by atoms with Crippen molar-refractivity contribution in [1.29, 1.82) is 0 Å². The summed E-state index contributed by atoms with van der Waals surface area (Å²) in [6, 6.07) is 4.32. The number of hydrogen-bond donors (Lipinski definition) is 1. The zero-order valence-corrected chi connectivity index (χ0v) is 12.7. The van der Waals surface area contributed by atoms with Crippen molar-refractivity contribution in [3.8, 4) is 0 Å². The fourth-order valence-corrected chi connectivity index (χ4v) is 2.67. The molecule has 1 fully saturated rings. The summed E-state index contributed by atoms with van der Waals surface area (Å²) >= 11 is 0. The van der Waals surface area contributed by atoms with Crippen LogP contribution in [-0.4, -0.2) is 28.9 Å². The molecule has 0 aliphatic carbocycles. The van der Waals surface area contributed by atoms with Crippen LogP contribution in [0, 0.1) is 5.92 Å². The molecule has 1 aliphatic rings. The van der Waals surface area contributed by atoms with E-state index in [9.17, 15) is 4.79 Å². The van der Waals surface area contributed by atoms with Gasteiger partial charge in [0.05, 0.1) is 6.04 Å². The fourth-order valence-electron chi connectivity index (χ4n) is 2.67. The first-order valence-corrected chi connectivity index (χ1v) is 7.55. The lowest BCUT2D eigenvalue weighted by Gasteiger charge is -2.35. The standard InChI is InChI=1S/C16H25N3O/c1-12(2)10-17-16-8-7-14(11-18-16)15-6-4-5-9-19(15)13(3)20/h7-8,11-12,15H,4-6,9-10H2,1-3H3,(H,17,18). The second-order valence-corrected chi connectivity index (χ2v) is 5.98. The van der Waals surface area contributed by atoms with E-state index >= 15 is 0 Å². The predicted octanol–water partition coefficient (Wildman–Crippen LogP) is 3.22. The Labute approximate surface area is 121 Å². The molecular weight excluding hydrogens is 250 g/mol. The highest BCUT2D eigenvalue weighted by molar-refractivity contribution is 5.74. The Hall–Kier alpha value is -1.58. The van der Waals surface area contributed by atoms with Crippen LogP contribution in [0.5, 0.6) is 0 Å². The van der Waals surface area contributed by atoms with Crippen molar-refractivity contribution in [2.75, 3.05) is 18.4 Å². The van der Waals surface area contributed by atoms with Crippen molar-refractivity contribution >= 4 is 11.7 Å². The molecule has 2 rings (SSSR count). The molecule has 0 radical (unpaired) electrons. The van der Waals surface area contributed by atoms with E-state index in [1.54, 1.807) is 6.92 Å². The Morgan fingerprint density at radius 3 is 2.85 bits per heavy atom. The summed E-state index contributed by atoms with van der Waals surface area (Å²) in [5.41, 5.74) is 1.15. The first kappa shape index (κ1) is 14.8. The van der Waals surface area contributed by atoms with Gasteiger partial charge in [0.25, 0.3) is 0 Å². The lowest BCUT2D eigenvalue weighted by molar-refractivity contribution is -0.132. The van der Waals surface area contributed by atoms with Crippen LogP contribution in [0.25, 0.3) is 0 Å². The molecule has 4 nitrogen and oxygen atoms in total. The molecule has 1 atom stereocenters. The van der Waals surface area contributed by atoms with Gasteiger partial charge >= 0.3 is 0 Å². The molecule has 1 aromatic heterocycles. The number of rotatable bonds is 4. The SMILES string of the molecule is CC(=O)N1CCCCC1c1ccc(NCC(C)C)nc1. The van der Waals surface area contributed by atoms with Crippen molar-refractivity contribution in [3.63, 3.8) is 0 Å². The minimum atomic E-state index is 0.164. The molecule has 1 aromatic rings. The Kier molecular flexibility index (Phi) is 4.99. The second-order valence-electron chi connectivity index (χ2n) is 5.98. The lowest BCUT2D eigenvalue weighted by atomic mass is 9.96. The van der Waals surface area contributed by atoms with Crippen LogP contribution in [0.15, 0.2) is 18.3 Å². The van der Waals surface area contributed by atoms with Gasteiger partial charge < -0.3 is 10.2 Å². The van der Waals surface area contributed by atoms with Gasteiger partial charge in [-0.05, 0) is 36.8 Å². The maximum Gasteiger partial charge on any atom is 0.219 e. The third-order valence-corrected chi connectivity index (χ3v) is 3.77. The fraction of sp³-hybridized carbons (Fsp3) is 0.625. The highest BCUT2D eigenvalue weighted by atomic mass is 16.2. The monoisotopic (exact) mass is 275 g/mol. The summed E-state index contributed by atoms with van der Waals surface area (Å²) in [6.45, 7) is 7.80. The van der Waals surface area contributed by atoms with Gasteiger partial charge in [-0.2, -0.15) is 0 Å². The average Bonchev–Trinajstić information content (AvgIpc) is 2.45. The van der Waals surface area contributed by atoms with Crippen LogP contribution in [0.1, 0.15) is 51.6 Å². The van der Waals surface area contributed by atoms with E-state index < -0.39 is 0 Å². The molecule has 4 heteroatoms. The molecule has 2 heterocycles. The van der Waals surface area contributed by atoms with Gasteiger partial charge in [0, 0.05) is 26.2 Å². The van der Waals surface area contributed by atoms with Crippen LogP contribution < -0.4 is 5.32 Å². The summed E-state index contributed by atoms with van der Waals surface area (Å²) in [7, 11) is 0. The van der Waals surface area contributed by atoms with Crippen molar-refractivity contribution in [3.05, 3.63) is 23.9 Å². The van der Waals surface area contributed by atoms with E-state index in [0.717, 1.165) is 37.3 Å². The number of pyridine rings is 1. The molecule has 0 spiro atoms.